The fourth-order valence-electron chi connectivity index (χ4n) is 3.49. The van der Waals surface area contributed by atoms with Gasteiger partial charge in [0.25, 0.3) is 5.91 Å². The van der Waals surface area contributed by atoms with Crippen LogP contribution in [0.4, 0.5) is 0 Å². The smallest absolute Gasteiger partial charge is 0.251 e. The summed E-state index contributed by atoms with van der Waals surface area (Å²) >= 11 is 6.38. The largest absolute Gasteiger partial charge is 0.493 e. The molecule has 6 nitrogen and oxygen atoms in total. The van der Waals surface area contributed by atoms with E-state index in [2.05, 4.69) is 5.32 Å². The molecule has 3 aromatic rings. The summed E-state index contributed by atoms with van der Waals surface area (Å²) in [6.07, 6.45) is 0. The van der Waals surface area contributed by atoms with Gasteiger partial charge in [0.05, 0.1) is 20.3 Å². The highest BCUT2D eigenvalue weighted by Gasteiger charge is 2.21. The maximum Gasteiger partial charge on any atom is 0.251 e. The van der Waals surface area contributed by atoms with E-state index in [1.54, 1.807) is 12.1 Å². The molecule has 0 saturated heterocycles. The minimum Gasteiger partial charge on any atom is -0.493 e. The molecule has 3 aromatic carbocycles. The lowest BCUT2D eigenvalue weighted by atomic mass is 10.1. The molecule has 0 aliphatic rings. The number of methoxy groups -OCH3 is 2. The molecule has 0 aromatic heterocycles. The predicted octanol–water partition coefficient (Wildman–Crippen LogP) is 4.97. The molecule has 0 heterocycles. The van der Waals surface area contributed by atoms with Crippen molar-refractivity contribution in [2.75, 3.05) is 34.9 Å². The minimum atomic E-state index is -0.250. The Morgan fingerprint density at radius 1 is 0.970 bits per heavy atom. The highest BCUT2D eigenvalue weighted by molar-refractivity contribution is 6.31. The van der Waals surface area contributed by atoms with Crippen LogP contribution in [0, 0.1) is 0 Å². The maximum atomic E-state index is 13.0. The molecule has 1 amide bonds. The zero-order valence-electron chi connectivity index (χ0n) is 19.3. The fourth-order valence-corrected chi connectivity index (χ4v) is 3.75. The molecular weight excluding hydrogens is 440 g/mol. The number of ether oxygens (including phenoxy) is 3. The number of nitrogens with one attached hydrogen (secondary N) is 1. The molecule has 0 saturated carbocycles. The average Bonchev–Trinajstić information content (AvgIpc) is 2.83. The van der Waals surface area contributed by atoms with Crippen molar-refractivity contribution in [2.45, 2.75) is 12.6 Å². The summed E-state index contributed by atoms with van der Waals surface area (Å²) in [5.41, 5.74) is 2.37. The van der Waals surface area contributed by atoms with E-state index < -0.39 is 0 Å². The third kappa shape index (κ3) is 6.18. The van der Waals surface area contributed by atoms with E-state index >= 15 is 0 Å². The van der Waals surface area contributed by atoms with Crippen LogP contribution in [-0.4, -0.2) is 45.7 Å². The van der Waals surface area contributed by atoms with E-state index in [0.717, 1.165) is 11.1 Å². The standard InChI is InChI=1S/C26H29ClN2O4/c1-29(2)22(20-12-8-9-13-21(20)27)16-28-26(30)19-14-23(31-3)25(24(15-19)32-4)33-17-18-10-6-5-7-11-18/h5-15,22H,16-17H2,1-4H3,(H,28,30)/t22-/m1/s1. The normalized spacial score (nSPS) is 11.7. The van der Waals surface area contributed by atoms with E-state index in [4.69, 9.17) is 25.8 Å². The molecular formula is C26H29ClN2O4. The molecule has 0 aliphatic heterocycles. The lowest BCUT2D eigenvalue weighted by Gasteiger charge is -2.26. The first-order chi connectivity index (χ1) is 15.9. The molecule has 3 rings (SSSR count). The number of rotatable bonds is 10. The van der Waals surface area contributed by atoms with Gasteiger partial charge in [-0.05, 0) is 43.4 Å². The second kappa shape index (κ2) is 11.6. The van der Waals surface area contributed by atoms with Gasteiger partial charge in [-0.1, -0.05) is 60.1 Å². The van der Waals surface area contributed by atoms with Gasteiger partial charge in [0.2, 0.25) is 5.75 Å². The maximum absolute atomic E-state index is 13.0. The summed E-state index contributed by atoms with van der Waals surface area (Å²) in [5.74, 6) is 1.04. The molecule has 0 fully saturated rings. The zero-order valence-corrected chi connectivity index (χ0v) is 20.1. The molecule has 33 heavy (non-hydrogen) atoms. The van der Waals surface area contributed by atoms with Crippen LogP contribution in [0.2, 0.25) is 5.02 Å². The van der Waals surface area contributed by atoms with Crippen molar-refractivity contribution in [3.05, 3.63) is 88.4 Å². The minimum absolute atomic E-state index is 0.0834. The SMILES string of the molecule is COc1cc(C(=O)NC[C@H](c2ccccc2Cl)N(C)C)cc(OC)c1OCc1ccccc1. The van der Waals surface area contributed by atoms with Gasteiger partial charge in [0, 0.05) is 17.1 Å². The first-order valence-electron chi connectivity index (χ1n) is 10.6. The summed E-state index contributed by atoms with van der Waals surface area (Å²) < 4.78 is 17.0. The van der Waals surface area contributed by atoms with Gasteiger partial charge < -0.3 is 24.4 Å². The van der Waals surface area contributed by atoms with Gasteiger partial charge in [-0.3, -0.25) is 4.79 Å². The van der Waals surface area contributed by atoms with Crippen LogP contribution in [0.15, 0.2) is 66.7 Å². The Morgan fingerprint density at radius 3 is 2.15 bits per heavy atom. The summed E-state index contributed by atoms with van der Waals surface area (Å²) in [6.45, 7) is 0.730. The summed E-state index contributed by atoms with van der Waals surface area (Å²) in [7, 11) is 6.97. The van der Waals surface area contributed by atoms with Crippen molar-refractivity contribution in [3.8, 4) is 17.2 Å². The van der Waals surface area contributed by atoms with Crippen LogP contribution >= 0.6 is 11.6 Å². The van der Waals surface area contributed by atoms with Crippen LogP contribution in [0.5, 0.6) is 17.2 Å². The number of carbonyl (C=O) groups is 1. The van der Waals surface area contributed by atoms with Crippen molar-refractivity contribution in [3.63, 3.8) is 0 Å². The third-order valence-corrected chi connectivity index (χ3v) is 5.64. The third-order valence-electron chi connectivity index (χ3n) is 5.29. The molecule has 0 aliphatic carbocycles. The van der Waals surface area contributed by atoms with Crippen molar-refractivity contribution >= 4 is 17.5 Å². The second-order valence-corrected chi connectivity index (χ2v) is 8.10. The van der Waals surface area contributed by atoms with Crippen molar-refractivity contribution in [2.24, 2.45) is 0 Å². The monoisotopic (exact) mass is 468 g/mol. The molecule has 0 unspecified atom stereocenters. The van der Waals surface area contributed by atoms with Gasteiger partial charge in [-0.15, -0.1) is 0 Å². The van der Waals surface area contributed by atoms with E-state index in [1.165, 1.54) is 14.2 Å². The summed E-state index contributed by atoms with van der Waals surface area (Å²) in [5, 5.41) is 3.66. The van der Waals surface area contributed by atoms with Crippen LogP contribution < -0.4 is 19.5 Å². The van der Waals surface area contributed by atoms with E-state index in [9.17, 15) is 4.79 Å². The Morgan fingerprint density at radius 2 is 1.58 bits per heavy atom. The lowest BCUT2D eigenvalue weighted by molar-refractivity contribution is 0.0941. The number of halogens is 1. The summed E-state index contributed by atoms with van der Waals surface area (Å²) in [4.78, 5) is 15.0. The number of nitrogens with zero attached hydrogens (tertiary/aromatic N) is 1. The number of carbonyl (C=O) groups excluding carboxylic acids is 1. The van der Waals surface area contributed by atoms with Crippen molar-refractivity contribution in [1.82, 2.24) is 10.2 Å². The first kappa shape index (κ1) is 24.4. The Kier molecular flexibility index (Phi) is 8.58. The van der Waals surface area contributed by atoms with Crippen molar-refractivity contribution < 1.29 is 19.0 Å². The van der Waals surface area contributed by atoms with Crippen LogP contribution in [0.25, 0.3) is 0 Å². The van der Waals surface area contributed by atoms with E-state index in [0.29, 0.717) is 41.0 Å². The first-order valence-corrected chi connectivity index (χ1v) is 10.9. The van der Waals surface area contributed by atoms with Crippen molar-refractivity contribution in [1.29, 1.82) is 0 Å². The van der Waals surface area contributed by atoms with E-state index in [1.807, 2.05) is 73.6 Å². The van der Waals surface area contributed by atoms with E-state index in [-0.39, 0.29) is 11.9 Å². The number of hydrogen-bond acceptors (Lipinski definition) is 5. The number of amides is 1. The summed E-state index contributed by atoms with van der Waals surface area (Å²) in [6, 6.07) is 20.6. The molecule has 0 spiro atoms. The van der Waals surface area contributed by atoms with Gasteiger partial charge in [0.15, 0.2) is 11.5 Å². The number of benzene rings is 3. The second-order valence-electron chi connectivity index (χ2n) is 7.70. The molecule has 7 heteroatoms. The number of hydrogen-bond donors (Lipinski definition) is 1. The topological polar surface area (TPSA) is 60.0 Å². The van der Waals surface area contributed by atoms with Gasteiger partial charge in [0.1, 0.15) is 6.61 Å². The fraction of sp³-hybridized carbons (Fsp3) is 0.269. The average molecular weight is 469 g/mol. The highest BCUT2D eigenvalue weighted by atomic mass is 35.5. The van der Waals surface area contributed by atoms with Crippen LogP contribution in [0.3, 0.4) is 0 Å². The van der Waals surface area contributed by atoms with Crippen LogP contribution in [0.1, 0.15) is 27.5 Å². The van der Waals surface area contributed by atoms with Crippen LogP contribution in [-0.2, 0) is 6.61 Å². The molecule has 174 valence electrons. The Hall–Kier alpha value is -3.22. The Bertz CT molecular complexity index is 1050. The molecule has 0 radical (unpaired) electrons. The highest BCUT2D eigenvalue weighted by Crippen LogP contribution is 2.39. The molecule has 1 atom stereocenters. The predicted molar refractivity (Wildman–Crippen MR) is 131 cm³/mol. The quantitative estimate of drug-likeness (QED) is 0.455. The van der Waals surface area contributed by atoms with Gasteiger partial charge in [-0.25, -0.2) is 0 Å². The van der Waals surface area contributed by atoms with Gasteiger partial charge >= 0.3 is 0 Å². The molecule has 1 N–H and O–H groups in total. The Labute approximate surface area is 200 Å². The zero-order chi connectivity index (χ0) is 23.8. The lowest BCUT2D eigenvalue weighted by Crippen LogP contribution is -2.34. The molecule has 0 bridgehead atoms. The van der Waals surface area contributed by atoms with Gasteiger partial charge in [-0.2, -0.15) is 0 Å². The number of likely N-dealkylation sites (N-methyl/N-ethyl adjacent to an activating group) is 1. The Balaban J connectivity index is 1.77.